The maximum absolute atomic E-state index is 13.5. The van der Waals surface area contributed by atoms with Crippen LogP contribution in [0.4, 0.5) is 4.39 Å². The SMILES string of the molecule is O=C(N1CC[C@@H](Oc2ccncc2)C1)C1(c2cccc(F)c2)CC1. The van der Waals surface area contributed by atoms with Gasteiger partial charge < -0.3 is 9.64 Å². The fraction of sp³-hybridized carbons (Fsp3) is 0.368. The van der Waals surface area contributed by atoms with Gasteiger partial charge in [-0.05, 0) is 42.7 Å². The quantitative estimate of drug-likeness (QED) is 0.867. The van der Waals surface area contributed by atoms with Gasteiger partial charge in [0, 0.05) is 25.4 Å². The van der Waals surface area contributed by atoms with Crippen molar-refractivity contribution in [2.75, 3.05) is 13.1 Å². The monoisotopic (exact) mass is 326 g/mol. The van der Waals surface area contributed by atoms with Crippen LogP contribution in [0.25, 0.3) is 0 Å². The molecule has 2 aromatic rings. The van der Waals surface area contributed by atoms with Gasteiger partial charge in [0.05, 0.1) is 12.0 Å². The number of pyridine rings is 1. The molecule has 0 bridgehead atoms. The minimum atomic E-state index is -0.520. The van der Waals surface area contributed by atoms with Gasteiger partial charge in [-0.25, -0.2) is 4.39 Å². The van der Waals surface area contributed by atoms with Crippen LogP contribution in [0.1, 0.15) is 24.8 Å². The Morgan fingerprint density at radius 1 is 1.25 bits per heavy atom. The smallest absolute Gasteiger partial charge is 0.233 e. The fourth-order valence-electron chi connectivity index (χ4n) is 3.46. The molecule has 0 radical (unpaired) electrons. The minimum Gasteiger partial charge on any atom is -0.488 e. The third-order valence-corrected chi connectivity index (χ3v) is 4.92. The number of nitrogens with zero attached hydrogens (tertiary/aromatic N) is 2. The summed E-state index contributed by atoms with van der Waals surface area (Å²) in [5, 5.41) is 0. The van der Waals surface area contributed by atoms with Crippen molar-refractivity contribution in [2.45, 2.75) is 30.8 Å². The number of halogens is 1. The lowest BCUT2D eigenvalue weighted by molar-refractivity contribution is -0.133. The summed E-state index contributed by atoms with van der Waals surface area (Å²) in [6.07, 6.45) is 5.78. The Morgan fingerprint density at radius 2 is 2.04 bits per heavy atom. The fourth-order valence-corrected chi connectivity index (χ4v) is 3.46. The molecule has 1 aliphatic heterocycles. The molecule has 1 amide bonds. The first kappa shape index (κ1) is 15.1. The molecule has 2 aliphatic rings. The predicted octanol–water partition coefficient (Wildman–Crippen LogP) is 2.93. The number of ether oxygens (including phenoxy) is 1. The van der Waals surface area contributed by atoms with Gasteiger partial charge in [0.15, 0.2) is 0 Å². The van der Waals surface area contributed by atoms with Crippen molar-refractivity contribution in [1.82, 2.24) is 9.88 Å². The second-order valence-electron chi connectivity index (χ2n) is 6.56. The Hall–Kier alpha value is -2.43. The number of hydrogen-bond donors (Lipinski definition) is 0. The number of hydrogen-bond acceptors (Lipinski definition) is 3. The summed E-state index contributed by atoms with van der Waals surface area (Å²) >= 11 is 0. The van der Waals surface area contributed by atoms with E-state index >= 15 is 0 Å². The van der Waals surface area contributed by atoms with Crippen LogP contribution >= 0.6 is 0 Å². The molecule has 0 unspecified atom stereocenters. The highest BCUT2D eigenvalue weighted by Crippen LogP contribution is 2.50. The Kier molecular flexibility index (Phi) is 3.71. The Morgan fingerprint density at radius 3 is 2.75 bits per heavy atom. The van der Waals surface area contributed by atoms with Crippen LogP contribution in [0, 0.1) is 5.82 Å². The number of benzene rings is 1. The number of aromatic nitrogens is 1. The van der Waals surface area contributed by atoms with E-state index in [0.717, 1.165) is 30.6 Å². The van der Waals surface area contributed by atoms with Crippen molar-refractivity contribution < 1.29 is 13.9 Å². The van der Waals surface area contributed by atoms with Crippen LogP contribution in [0.3, 0.4) is 0 Å². The third-order valence-electron chi connectivity index (χ3n) is 4.92. The van der Waals surface area contributed by atoms with Crippen LogP contribution in [0.15, 0.2) is 48.8 Å². The molecular weight excluding hydrogens is 307 g/mol. The molecule has 1 saturated carbocycles. The molecule has 24 heavy (non-hydrogen) atoms. The molecule has 124 valence electrons. The molecule has 2 heterocycles. The Bertz CT molecular complexity index is 746. The predicted molar refractivity (Wildman–Crippen MR) is 87.2 cm³/mol. The second-order valence-corrected chi connectivity index (χ2v) is 6.56. The van der Waals surface area contributed by atoms with Gasteiger partial charge in [-0.2, -0.15) is 0 Å². The molecule has 1 saturated heterocycles. The third kappa shape index (κ3) is 2.75. The maximum atomic E-state index is 13.5. The van der Waals surface area contributed by atoms with Crippen molar-refractivity contribution in [3.05, 3.63) is 60.2 Å². The minimum absolute atomic E-state index is 0.000315. The number of rotatable bonds is 4. The molecule has 0 spiro atoms. The summed E-state index contributed by atoms with van der Waals surface area (Å²) < 4.78 is 19.4. The Labute approximate surface area is 140 Å². The topological polar surface area (TPSA) is 42.4 Å². The van der Waals surface area contributed by atoms with Crippen molar-refractivity contribution >= 4 is 5.91 Å². The first-order chi connectivity index (χ1) is 11.7. The van der Waals surface area contributed by atoms with Crippen molar-refractivity contribution in [3.8, 4) is 5.75 Å². The zero-order valence-corrected chi connectivity index (χ0v) is 13.3. The Balaban J connectivity index is 1.44. The highest BCUT2D eigenvalue weighted by molar-refractivity contribution is 5.91. The summed E-state index contributed by atoms with van der Waals surface area (Å²) in [4.78, 5) is 18.8. The molecule has 5 heteroatoms. The number of likely N-dealkylation sites (tertiary alicyclic amines) is 1. The van der Waals surface area contributed by atoms with Gasteiger partial charge in [-0.1, -0.05) is 12.1 Å². The molecular formula is C19H19FN2O2. The highest BCUT2D eigenvalue weighted by atomic mass is 19.1. The van der Waals surface area contributed by atoms with E-state index in [9.17, 15) is 9.18 Å². The lowest BCUT2D eigenvalue weighted by Gasteiger charge is -2.23. The van der Waals surface area contributed by atoms with Gasteiger partial charge in [0.1, 0.15) is 17.7 Å². The van der Waals surface area contributed by atoms with Gasteiger partial charge in [0.25, 0.3) is 0 Å². The molecule has 1 atom stereocenters. The molecule has 0 N–H and O–H groups in total. The van der Waals surface area contributed by atoms with Crippen molar-refractivity contribution in [1.29, 1.82) is 0 Å². The van der Waals surface area contributed by atoms with E-state index in [2.05, 4.69) is 4.98 Å². The van der Waals surface area contributed by atoms with Gasteiger partial charge in [-0.15, -0.1) is 0 Å². The molecule has 4 nitrogen and oxygen atoms in total. The van der Waals surface area contributed by atoms with E-state index in [1.54, 1.807) is 18.5 Å². The number of carbonyl (C=O) groups excluding carboxylic acids is 1. The summed E-state index contributed by atoms with van der Waals surface area (Å²) in [5.41, 5.74) is 0.277. The van der Waals surface area contributed by atoms with Crippen LogP contribution in [0.5, 0.6) is 5.75 Å². The molecule has 1 aromatic heterocycles. The summed E-state index contributed by atoms with van der Waals surface area (Å²) in [5.74, 6) is 0.594. The van der Waals surface area contributed by atoms with Crippen LogP contribution < -0.4 is 4.74 Å². The van der Waals surface area contributed by atoms with Crippen LogP contribution in [-0.4, -0.2) is 35.0 Å². The summed E-state index contributed by atoms with van der Waals surface area (Å²) in [6, 6.07) is 10.1. The van der Waals surface area contributed by atoms with E-state index in [1.165, 1.54) is 12.1 Å². The van der Waals surface area contributed by atoms with Crippen molar-refractivity contribution in [2.24, 2.45) is 0 Å². The first-order valence-corrected chi connectivity index (χ1v) is 8.29. The van der Waals surface area contributed by atoms with Gasteiger partial charge >= 0.3 is 0 Å². The molecule has 1 aliphatic carbocycles. The summed E-state index contributed by atoms with van der Waals surface area (Å²) in [6.45, 7) is 1.27. The molecule has 2 fully saturated rings. The van der Waals surface area contributed by atoms with Crippen molar-refractivity contribution in [3.63, 3.8) is 0 Å². The average Bonchev–Trinajstić information content (AvgIpc) is 3.29. The molecule has 4 rings (SSSR count). The maximum Gasteiger partial charge on any atom is 0.233 e. The zero-order valence-electron chi connectivity index (χ0n) is 13.3. The van der Waals surface area contributed by atoms with E-state index in [1.807, 2.05) is 23.1 Å². The van der Waals surface area contributed by atoms with E-state index < -0.39 is 5.41 Å². The van der Waals surface area contributed by atoms with E-state index in [-0.39, 0.29) is 17.8 Å². The van der Waals surface area contributed by atoms with E-state index in [4.69, 9.17) is 4.74 Å². The van der Waals surface area contributed by atoms with Gasteiger partial charge in [0.2, 0.25) is 5.91 Å². The number of carbonyl (C=O) groups is 1. The summed E-state index contributed by atoms with van der Waals surface area (Å²) in [7, 11) is 0. The van der Waals surface area contributed by atoms with Crippen LogP contribution in [0.2, 0.25) is 0 Å². The van der Waals surface area contributed by atoms with Crippen LogP contribution in [-0.2, 0) is 10.2 Å². The average molecular weight is 326 g/mol. The molecule has 1 aromatic carbocycles. The standard InChI is InChI=1S/C19H19FN2O2/c20-15-3-1-2-14(12-15)19(7-8-19)18(23)22-11-6-17(13-22)24-16-4-9-21-10-5-16/h1-5,9-10,12,17H,6-8,11,13H2/t17-/m1/s1. The largest absolute Gasteiger partial charge is 0.488 e. The van der Waals surface area contributed by atoms with E-state index in [0.29, 0.717) is 13.1 Å². The number of amides is 1. The first-order valence-electron chi connectivity index (χ1n) is 8.29. The highest BCUT2D eigenvalue weighted by Gasteiger charge is 2.54. The lowest BCUT2D eigenvalue weighted by atomic mass is 9.94. The zero-order chi connectivity index (χ0) is 16.6. The lowest BCUT2D eigenvalue weighted by Crippen LogP contribution is -2.38. The van der Waals surface area contributed by atoms with Gasteiger partial charge in [-0.3, -0.25) is 9.78 Å². The normalized spacial score (nSPS) is 21.5. The second kappa shape index (κ2) is 5.89.